The SMILES string of the molecule is CCCCP(=O)(Oc1cccc(C)c1C)Oc1cccc(C)c1C. The number of unbranched alkanes of at least 4 members (excludes halogenated alkanes) is 1. The molecule has 0 aliphatic carbocycles. The Bertz CT molecular complexity index is 695. The van der Waals surface area contributed by atoms with Gasteiger partial charge >= 0.3 is 7.60 Å². The van der Waals surface area contributed by atoms with E-state index >= 15 is 0 Å². The van der Waals surface area contributed by atoms with E-state index in [4.69, 9.17) is 9.05 Å². The average Bonchev–Trinajstić information content (AvgIpc) is 2.54. The van der Waals surface area contributed by atoms with Crippen LogP contribution in [0, 0.1) is 27.7 Å². The van der Waals surface area contributed by atoms with Crippen LogP contribution in [0.15, 0.2) is 36.4 Å². The normalized spacial score (nSPS) is 11.4. The third kappa shape index (κ3) is 4.42. The topological polar surface area (TPSA) is 35.5 Å². The fourth-order valence-electron chi connectivity index (χ4n) is 2.41. The van der Waals surface area contributed by atoms with Crippen LogP contribution in [0.3, 0.4) is 0 Å². The minimum Gasteiger partial charge on any atom is -0.416 e. The maximum atomic E-state index is 13.4. The number of hydrogen-bond acceptors (Lipinski definition) is 3. The fraction of sp³-hybridized carbons (Fsp3) is 0.400. The Morgan fingerprint density at radius 3 is 1.71 bits per heavy atom. The van der Waals surface area contributed by atoms with Gasteiger partial charge in [0.15, 0.2) is 0 Å². The summed E-state index contributed by atoms with van der Waals surface area (Å²) in [6.07, 6.45) is 2.15. The first kappa shape index (κ1) is 18.6. The summed E-state index contributed by atoms with van der Waals surface area (Å²) in [6.45, 7) is 10.1. The molecule has 0 aliphatic rings. The van der Waals surface area contributed by atoms with Crippen molar-refractivity contribution in [3.05, 3.63) is 58.7 Å². The molecule has 0 aliphatic heterocycles. The third-order valence-electron chi connectivity index (χ3n) is 4.37. The summed E-state index contributed by atoms with van der Waals surface area (Å²) in [4.78, 5) is 0. The molecule has 4 heteroatoms. The Hall–Kier alpha value is -1.73. The van der Waals surface area contributed by atoms with Crippen LogP contribution in [0.1, 0.15) is 42.0 Å². The van der Waals surface area contributed by atoms with Crippen molar-refractivity contribution in [2.75, 3.05) is 6.16 Å². The smallest absolute Gasteiger partial charge is 0.416 e. The van der Waals surface area contributed by atoms with Gasteiger partial charge < -0.3 is 9.05 Å². The lowest BCUT2D eigenvalue weighted by atomic mass is 10.1. The van der Waals surface area contributed by atoms with Gasteiger partial charge in [-0.25, -0.2) is 4.57 Å². The summed E-state index contributed by atoms with van der Waals surface area (Å²) >= 11 is 0. The molecule has 0 amide bonds. The molecule has 0 saturated carbocycles. The highest BCUT2D eigenvalue weighted by molar-refractivity contribution is 7.54. The molecule has 2 aromatic carbocycles. The average molecular weight is 346 g/mol. The van der Waals surface area contributed by atoms with Crippen molar-refractivity contribution in [2.45, 2.75) is 47.5 Å². The summed E-state index contributed by atoms with van der Waals surface area (Å²) in [5, 5.41) is 0. The molecule has 0 fully saturated rings. The van der Waals surface area contributed by atoms with Crippen molar-refractivity contribution < 1.29 is 13.6 Å². The van der Waals surface area contributed by atoms with Gasteiger partial charge in [-0.05, 0) is 68.5 Å². The molecule has 0 heterocycles. The van der Waals surface area contributed by atoms with E-state index in [-0.39, 0.29) is 0 Å². The predicted molar refractivity (Wildman–Crippen MR) is 100 cm³/mol. The zero-order valence-electron chi connectivity index (χ0n) is 15.3. The minimum absolute atomic E-state index is 0.407. The first-order valence-electron chi connectivity index (χ1n) is 8.47. The van der Waals surface area contributed by atoms with Crippen LogP contribution in [0.4, 0.5) is 0 Å². The molecule has 0 saturated heterocycles. The second-order valence-electron chi connectivity index (χ2n) is 6.27. The highest BCUT2D eigenvalue weighted by Gasteiger charge is 2.29. The maximum absolute atomic E-state index is 13.4. The molecule has 0 aromatic heterocycles. The third-order valence-corrected chi connectivity index (χ3v) is 6.18. The largest absolute Gasteiger partial charge is 0.430 e. The van der Waals surface area contributed by atoms with E-state index in [1.165, 1.54) is 0 Å². The quantitative estimate of drug-likeness (QED) is 0.546. The Morgan fingerprint density at radius 1 is 0.833 bits per heavy atom. The van der Waals surface area contributed by atoms with Crippen molar-refractivity contribution in [3.8, 4) is 11.5 Å². The minimum atomic E-state index is -3.27. The van der Waals surface area contributed by atoms with Crippen molar-refractivity contribution in [2.24, 2.45) is 0 Å². The van der Waals surface area contributed by atoms with Gasteiger partial charge in [0.05, 0.1) is 6.16 Å². The lowest BCUT2D eigenvalue weighted by molar-refractivity contribution is 0.382. The Kier molecular flexibility index (Phi) is 6.12. The van der Waals surface area contributed by atoms with Crippen LogP contribution in [0.5, 0.6) is 11.5 Å². The van der Waals surface area contributed by atoms with Gasteiger partial charge in [-0.15, -0.1) is 0 Å². The molecule has 2 aromatic rings. The molecule has 0 N–H and O–H groups in total. The van der Waals surface area contributed by atoms with Gasteiger partial charge in [0.1, 0.15) is 11.5 Å². The summed E-state index contributed by atoms with van der Waals surface area (Å²) in [7, 11) is -3.27. The highest BCUT2D eigenvalue weighted by atomic mass is 31.2. The van der Waals surface area contributed by atoms with Crippen molar-refractivity contribution in [1.29, 1.82) is 0 Å². The molecule has 3 nitrogen and oxygen atoms in total. The maximum Gasteiger partial charge on any atom is 0.430 e. The van der Waals surface area contributed by atoms with E-state index in [1.807, 2.05) is 64.1 Å². The van der Waals surface area contributed by atoms with Crippen molar-refractivity contribution >= 4 is 7.60 Å². The molecule has 0 bridgehead atoms. The van der Waals surface area contributed by atoms with Crippen LogP contribution >= 0.6 is 7.60 Å². The molecule has 2 rings (SSSR count). The standard InChI is InChI=1S/C20H27O3P/c1-6-7-14-24(21,22-19-12-8-10-15(2)17(19)4)23-20-13-9-11-16(3)18(20)5/h8-13H,6-7,14H2,1-5H3. The van der Waals surface area contributed by atoms with Gasteiger partial charge in [-0.1, -0.05) is 37.6 Å². The number of benzene rings is 2. The van der Waals surface area contributed by atoms with Crippen LogP contribution < -0.4 is 9.05 Å². The lowest BCUT2D eigenvalue weighted by Gasteiger charge is -2.22. The molecule has 0 unspecified atom stereocenters. The Labute approximate surface area is 145 Å². The summed E-state index contributed by atoms with van der Waals surface area (Å²) in [5.41, 5.74) is 4.22. The van der Waals surface area contributed by atoms with Gasteiger partial charge in [0.25, 0.3) is 0 Å². The van der Waals surface area contributed by atoms with E-state index in [2.05, 4.69) is 6.92 Å². The second-order valence-corrected chi connectivity index (χ2v) is 8.30. The highest BCUT2D eigenvalue weighted by Crippen LogP contribution is 2.50. The second kappa shape index (κ2) is 7.90. The molecule has 0 spiro atoms. The number of hydrogen-bond donors (Lipinski definition) is 0. The van der Waals surface area contributed by atoms with Gasteiger partial charge in [0, 0.05) is 0 Å². The van der Waals surface area contributed by atoms with Gasteiger partial charge in [-0.3, -0.25) is 0 Å². The zero-order chi connectivity index (χ0) is 17.7. The van der Waals surface area contributed by atoms with Crippen LogP contribution in [0.25, 0.3) is 0 Å². The predicted octanol–water partition coefficient (Wildman–Crippen LogP) is 6.37. The lowest BCUT2D eigenvalue weighted by Crippen LogP contribution is -2.07. The number of aryl methyl sites for hydroxylation is 2. The Morgan fingerprint density at radius 2 is 1.29 bits per heavy atom. The molecular formula is C20H27O3P. The van der Waals surface area contributed by atoms with Crippen LogP contribution in [-0.2, 0) is 4.57 Å². The molecule has 0 radical (unpaired) electrons. The van der Waals surface area contributed by atoms with E-state index < -0.39 is 7.60 Å². The molecule has 130 valence electrons. The van der Waals surface area contributed by atoms with Crippen LogP contribution in [0.2, 0.25) is 0 Å². The monoisotopic (exact) mass is 346 g/mol. The van der Waals surface area contributed by atoms with Crippen molar-refractivity contribution in [3.63, 3.8) is 0 Å². The summed E-state index contributed by atoms with van der Waals surface area (Å²) in [6, 6.07) is 11.6. The molecule has 24 heavy (non-hydrogen) atoms. The van der Waals surface area contributed by atoms with E-state index in [0.717, 1.165) is 35.1 Å². The summed E-state index contributed by atoms with van der Waals surface area (Å²) in [5.74, 6) is 1.28. The van der Waals surface area contributed by atoms with Gasteiger partial charge in [0.2, 0.25) is 0 Å². The van der Waals surface area contributed by atoms with Gasteiger partial charge in [-0.2, -0.15) is 0 Å². The number of rotatable bonds is 7. The van der Waals surface area contributed by atoms with Crippen molar-refractivity contribution in [1.82, 2.24) is 0 Å². The fourth-order valence-corrected chi connectivity index (χ4v) is 4.33. The Balaban J connectivity index is 2.33. The zero-order valence-corrected chi connectivity index (χ0v) is 16.2. The molecular weight excluding hydrogens is 319 g/mol. The molecule has 0 atom stereocenters. The first-order chi connectivity index (χ1) is 11.4. The van der Waals surface area contributed by atoms with E-state index in [1.54, 1.807) is 0 Å². The van der Waals surface area contributed by atoms with E-state index in [9.17, 15) is 4.57 Å². The summed E-state index contributed by atoms with van der Waals surface area (Å²) < 4.78 is 25.3. The first-order valence-corrected chi connectivity index (χ1v) is 10.2. The van der Waals surface area contributed by atoms with E-state index in [0.29, 0.717) is 17.7 Å². The van der Waals surface area contributed by atoms with Crippen LogP contribution in [-0.4, -0.2) is 6.16 Å².